The Kier molecular flexibility index (Phi) is 4.59. The number of ether oxygens (including phenoxy) is 2. The van der Waals surface area contributed by atoms with Gasteiger partial charge in [0.2, 0.25) is 0 Å². The van der Waals surface area contributed by atoms with Crippen LogP contribution >= 0.6 is 11.3 Å². The third kappa shape index (κ3) is 3.60. The van der Waals surface area contributed by atoms with Crippen LogP contribution in [0.1, 0.15) is 4.88 Å². The van der Waals surface area contributed by atoms with Crippen LogP contribution in [0.25, 0.3) is 0 Å². The summed E-state index contributed by atoms with van der Waals surface area (Å²) in [6.45, 7) is 1.88. The Morgan fingerprint density at radius 3 is 2.52 bits per heavy atom. The molecule has 0 spiro atoms. The molecule has 0 saturated heterocycles. The molecule has 0 fully saturated rings. The predicted molar refractivity (Wildman–Crippen MR) is 79.0 cm³/mol. The van der Waals surface area contributed by atoms with Crippen molar-refractivity contribution in [2.45, 2.75) is 6.92 Å². The number of benzene rings is 1. The molecule has 0 aliphatic rings. The van der Waals surface area contributed by atoms with Gasteiger partial charge < -0.3 is 14.8 Å². The lowest BCUT2D eigenvalue weighted by Gasteiger charge is -2.12. The number of halogens is 1. The van der Waals surface area contributed by atoms with Gasteiger partial charge in [-0.2, -0.15) is 0 Å². The molecule has 6 nitrogen and oxygen atoms in total. The Hall–Kier alpha value is -2.35. The van der Waals surface area contributed by atoms with E-state index >= 15 is 0 Å². The molecule has 0 bridgehead atoms. The molecule has 0 atom stereocenters. The molecule has 1 aromatic heterocycles. The highest BCUT2D eigenvalue weighted by Crippen LogP contribution is 2.32. The molecule has 0 saturated carbocycles. The average molecular weight is 311 g/mol. The lowest BCUT2D eigenvalue weighted by molar-refractivity contribution is 0.262. The van der Waals surface area contributed by atoms with Crippen LogP contribution in [0.15, 0.2) is 18.3 Å². The number of carbonyl (C=O) groups excluding carboxylic acids is 1. The SMILES string of the molecule is COc1cc(OC)c(NC(=O)Nc2ncc(C)s2)cc1F. The van der Waals surface area contributed by atoms with Crippen LogP contribution in [0, 0.1) is 12.7 Å². The normalized spacial score (nSPS) is 10.1. The molecule has 1 aromatic carbocycles. The first kappa shape index (κ1) is 15.0. The fourth-order valence-corrected chi connectivity index (χ4v) is 2.28. The first-order valence-electron chi connectivity index (χ1n) is 5.95. The number of nitrogens with zero attached hydrogens (tertiary/aromatic N) is 1. The number of nitrogens with one attached hydrogen (secondary N) is 2. The lowest BCUT2D eigenvalue weighted by atomic mass is 10.2. The van der Waals surface area contributed by atoms with Gasteiger partial charge in [0.25, 0.3) is 0 Å². The van der Waals surface area contributed by atoms with Gasteiger partial charge in [-0.3, -0.25) is 5.32 Å². The average Bonchev–Trinajstić information content (AvgIpc) is 2.84. The number of anilines is 2. The van der Waals surface area contributed by atoms with Crippen LogP contribution < -0.4 is 20.1 Å². The van der Waals surface area contributed by atoms with E-state index in [2.05, 4.69) is 15.6 Å². The zero-order valence-electron chi connectivity index (χ0n) is 11.7. The van der Waals surface area contributed by atoms with E-state index in [-0.39, 0.29) is 11.4 Å². The lowest BCUT2D eigenvalue weighted by Crippen LogP contribution is -2.19. The highest BCUT2D eigenvalue weighted by Gasteiger charge is 2.14. The summed E-state index contributed by atoms with van der Waals surface area (Å²) in [6.07, 6.45) is 1.65. The van der Waals surface area contributed by atoms with Gasteiger partial charge in [-0.05, 0) is 6.92 Å². The van der Waals surface area contributed by atoms with Gasteiger partial charge >= 0.3 is 6.03 Å². The van der Waals surface area contributed by atoms with E-state index in [0.29, 0.717) is 10.9 Å². The molecular formula is C13H14FN3O3S. The number of amides is 2. The number of thiazole rings is 1. The van der Waals surface area contributed by atoms with Crippen molar-refractivity contribution in [2.75, 3.05) is 24.9 Å². The zero-order chi connectivity index (χ0) is 15.4. The second-order valence-corrected chi connectivity index (χ2v) is 5.28. The molecule has 21 heavy (non-hydrogen) atoms. The van der Waals surface area contributed by atoms with Gasteiger partial charge in [0, 0.05) is 23.2 Å². The minimum atomic E-state index is -0.598. The number of hydrogen-bond acceptors (Lipinski definition) is 5. The van der Waals surface area contributed by atoms with Crippen molar-refractivity contribution >= 4 is 28.2 Å². The van der Waals surface area contributed by atoms with E-state index in [1.54, 1.807) is 6.20 Å². The Labute approximate surface area is 124 Å². The molecule has 2 aromatic rings. The molecular weight excluding hydrogens is 297 g/mol. The number of hydrogen-bond donors (Lipinski definition) is 2. The van der Waals surface area contributed by atoms with E-state index in [4.69, 9.17) is 9.47 Å². The van der Waals surface area contributed by atoms with Crippen molar-refractivity contribution in [1.29, 1.82) is 0 Å². The highest BCUT2D eigenvalue weighted by molar-refractivity contribution is 7.15. The van der Waals surface area contributed by atoms with Crippen LogP contribution in [0.5, 0.6) is 11.5 Å². The molecule has 0 radical (unpaired) electrons. The van der Waals surface area contributed by atoms with E-state index in [9.17, 15) is 9.18 Å². The van der Waals surface area contributed by atoms with Gasteiger partial charge in [-0.1, -0.05) is 0 Å². The quantitative estimate of drug-likeness (QED) is 0.909. The van der Waals surface area contributed by atoms with Gasteiger partial charge in [0.1, 0.15) is 5.75 Å². The topological polar surface area (TPSA) is 72.5 Å². The van der Waals surface area contributed by atoms with Crippen LogP contribution in [0.2, 0.25) is 0 Å². The molecule has 1 heterocycles. The molecule has 8 heteroatoms. The fraction of sp³-hybridized carbons (Fsp3) is 0.231. The Morgan fingerprint density at radius 1 is 1.24 bits per heavy atom. The van der Waals surface area contributed by atoms with Crippen LogP contribution in [0.4, 0.5) is 20.0 Å². The number of rotatable bonds is 4. The molecule has 112 valence electrons. The van der Waals surface area contributed by atoms with Crippen LogP contribution in [-0.4, -0.2) is 25.2 Å². The van der Waals surface area contributed by atoms with Gasteiger partial charge in [-0.25, -0.2) is 14.2 Å². The summed E-state index contributed by atoms with van der Waals surface area (Å²) in [6, 6.07) is 1.95. The molecule has 0 aliphatic carbocycles. The van der Waals surface area contributed by atoms with Crippen LogP contribution in [0.3, 0.4) is 0 Å². The van der Waals surface area contributed by atoms with Crippen molar-refractivity contribution in [3.8, 4) is 11.5 Å². The second-order valence-electron chi connectivity index (χ2n) is 4.04. The summed E-state index contributed by atoms with van der Waals surface area (Å²) in [4.78, 5) is 16.8. The Morgan fingerprint density at radius 2 is 1.95 bits per heavy atom. The van der Waals surface area contributed by atoms with Crippen molar-refractivity contribution in [3.05, 3.63) is 29.0 Å². The smallest absolute Gasteiger partial charge is 0.325 e. The van der Waals surface area contributed by atoms with Crippen molar-refractivity contribution < 1.29 is 18.7 Å². The van der Waals surface area contributed by atoms with Crippen molar-refractivity contribution in [2.24, 2.45) is 0 Å². The molecule has 2 amide bonds. The minimum Gasteiger partial charge on any atom is -0.494 e. The second kappa shape index (κ2) is 6.40. The highest BCUT2D eigenvalue weighted by atomic mass is 32.1. The predicted octanol–water partition coefficient (Wildman–Crippen LogP) is 3.25. The number of methoxy groups -OCH3 is 2. The monoisotopic (exact) mass is 311 g/mol. The van der Waals surface area contributed by atoms with E-state index in [1.807, 2.05) is 6.92 Å². The number of carbonyl (C=O) groups is 1. The van der Waals surface area contributed by atoms with Gasteiger partial charge in [-0.15, -0.1) is 11.3 Å². The Bertz CT molecular complexity index is 660. The third-order valence-corrected chi connectivity index (χ3v) is 3.39. The molecule has 2 N–H and O–H groups in total. The summed E-state index contributed by atoms with van der Waals surface area (Å²) < 4.78 is 23.6. The summed E-state index contributed by atoms with van der Waals surface area (Å²) in [5, 5.41) is 5.52. The first-order valence-corrected chi connectivity index (χ1v) is 6.77. The fourth-order valence-electron chi connectivity index (χ4n) is 1.62. The summed E-state index contributed by atoms with van der Waals surface area (Å²) in [5.41, 5.74) is 0.196. The van der Waals surface area contributed by atoms with Crippen molar-refractivity contribution in [3.63, 3.8) is 0 Å². The van der Waals surface area contributed by atoms with Gasteiger partial charge in [0.15, 0.2) is 16.7 Å². The van der Waals surface area contributed by atoms with Gasteiger partial charge in [0.05, 0.1) is 19.9 Å². The molecule has 0 aliphatic heterocycles. The largest absolute Gasteiger partial charge is 0.494 e. The standard InChI is InChI=1S/C13H14FN3O3S/c1-7-6-15-13(21-7)17-12(18)16-9-4-8(14)10(19-2)5-11(9)20-3/h4-6H,1-3H3,(H2,15,16,17,18). The van der Waals surface area contributed by atoms with Crippen LogP contribution in [-0.2, 0) is 0 Å². The Balaban J connectivity index is 2.14. The number of aromatic nitrogens is 1. The van der Waals surface area contributed by atoms with E-state index in [1.165, 1.54) is 31.6 Å². The van der Waals surface area contributed by atoms with E-state index in [0.717, 1.165) is 10.9 Å². The summed E-state index contributed by atoms with van der Waals surface area (Å²) in [7, 11) is 2.77. The first-order chi connectivity index (χ1) is 10.0. The van der Waals surface area contributed by atoms with Crippen molar-refractivity contribution in [1.82, 2.24) is 4.98 Å². The molecule has 2 rings (SSSR count). The maximum absolute atomic E-state index is 13.7. The third-order valence-electron chi connectivity index (χ3n) is 2.56. The summed E-state index contributed by atoms with van der Waals surface area (Å²) >= 11 is 1.34. The maximum Gasteiger partial charge on any atom is 0.325 e. The summed E-state index contributed by atoms with van der Waals surface area (Å²) in [5.74, 6) is -0.272. The maximum atomic E-state index is 13.7. The zero-order valence-corrected chi connectivity index (χ0v) is 12.5. The molecule has 0 unspecified atom stereocenters. The number of urea groups is 1. The minimum absolute atomic E-state index is 0.0355. The van der Waals surface area contributed by atoms with E-state index < -0.39 is 11.8 Å². The number of aryl methyl sites for hydroxylation is 1.